The van der Waals surface area contributed by atoms with Gasteiger partial charge in [-0.15, -0.1) is 0 Å². The molecule has 0 unspecified atom stereocenters. The number of halogens is 2. The van der Waals surface area contributed by atoms with Crippen LogP contribution in [-0.4, -0.2) is 55.2 Å². The molecule has 1 saturated heterocycles. The summed E-state index contributed by atoms with van der Waals surface area (Å²) in [6.07, 6.45) is 1.10. The Morgan fingerprint density at radius 3 is 2.56 bits per heavy atom. The quantitative estimate of drug-likeness (QED) is 0.399. The standard InChI is InChI=1S/C25H29F2N7/c1-31(2)11-19-14-32(15-22(19)27)21-7-8-23-18(9-21)13-33-12-17(16-3-5-20(26)6-4-16)10-24(33)25(28)34(23)30-29/h3-10,12,19,22,28,30H,11,13-15,29H2,1-2H3/t19-,22+/m0/s1. The van der Waals surface area contributed by atoms with E-state index in [0.29, 0.717) is 31.9 Å². The molecule has 0 bridgehead atoms. The molecule has 9 heteroatoms. The first-order valence-electron chi connectivity index (χ1n) is 11.3. The number of alkyl halides is 1. The highest BCUT2D eigenvalue weighted by molar-refractivity contribution is 6.08. The minimum absolute atomic E-state index is 0.0292. The van der Waals surface area contributed by atoms with Crippen LogP contribution in [0.3, 0.4) is 0 Å². The van der Waals surface area contributed by atoms with E-state index >= 15 is 0 Å². The van der Waals surface area contributed by atoms with Crippen molar-refractivity contribution in [2.75, 3.05) is 43.6 Å². The zero-order valence-electron chi connectivity index (χ0n) is 19.3. The summed E-state index contributed by atoms with van der Waals surface area (Å²) in [4.78, 5) is 4.12. The van der Waals surface area contributed by atoms with Crippen LogP contribution in [-0.2, 0) is 6.54 Å². The van der Waals surface area contributed by atoms with E-state index in [-0.39, 0.29) is 17.6 Å². The molecule has 1 fully saturated rings. The zero-order valence-corrected chi connectivity index (χ0v) is 19.3. The van der Waals surface area contributed by atoms with Crippen molar-refractivity contribution in [3.05, 3.63) is 71.8 Å². The fourth-order valence-electron chi connectivity index (χ4n) is 4.99. The van der Waals surface area contributed by atoms with Crippen LogP contribution >= 0.6 is 0 Å². The highest BCUT2D eigenvalue weighted by Crippen LogP contribution is 2.34. The lowest BCUT2D eigenvalue weighted by Crippen LogP contribution is -2.47. The third-order valence-corrected chi connectivity index (χ3v) is 6.64. The molecule has 7 nitrogen and oxygen atoms in total. The molecule has 0 aliphatic carbocycles. The van der Waals surface area contributed by atoms with Gasteiger partial charge in [0.1, 0.15) is 12.0 Å². The van der Waals surface area contributed by atoms with E-state index in [1.165, 1.54) is 12.1 Å². The summed E-state index contributed by atoms with van der Waals surface area (Å²) in [6, 6.07) is 14.2. The summed E-state index contributed by atoms with van der Waals surface area (Å²) in [5.41, 5.74) is 7.79. The Bertz CT molecular complexity index is 1200. The van der Waals surface area contributed by atoms with E-state index in [0.717, 1.165) is 28.1 Å². The van der Waals surface area contributed by atoms with Gasteiger partial charge in [0.05, 0.1) is 11.4 Å². The largest absolute Gasteiger partial charge is 0.368 e. The van der Waals surface area contributed by atoms with E-state index in [9.17, 15) is 8.78 Å². The molecule has 0 saturated carbocycles. The van der Waals surface area contributed by atoms with Gasteiger partial charge < -0.3 is 14.4 Å². The van der Waals surface area contributed by atoms with Crippen molar-refractivity contribution in [3.8, 4) is 11.1 Å². The summed E-state index contributed by atoms with van der Waals surface area (Å²) >= 11 is 0. The lowest BCUT2D eigenvalue weighted by Gasteiger charge is -2.25. The summed E-state index contributed by atoms with van der Waals surface area (Å²) in [5, 5.41) is 10.3. The van der Waals surface area contributed by atoms with E-state index in [1.54, 1.807) is 17.1 Å². The molecule has 2 aliphatic heterocycles. The zero-order chi connectivity index (χ0) is 24.0. The Kier molecular flexibility index (Phi) is 5.85. The second-order valence-electron chi connectivity index (χ2n) is 9.32. The molecule has 3 aromatic rings. The summed E-state index contributed by atoms with van der Waals surface area (Å²) in [6.45, 7) is 2.27. The van der Waals surface area contributed by atoms with Crippen LogP contribution < -0.4 is 21.3 Å². The number of nitrogens with one attached hydrogen (secondary N) is 2. The maximum absolute atomic E-state index is 14.7. The van der Waals surface area contributed by atoms with Crippen LogP contribution in [0.25, 0.3) is 11.1 Å². The molecule has 4 N–H and O–H groups in total. The van der Waals surface area contributed by atoms with Crippen molar-refractivity contribution in [2.24, 2.45) is 11.8 Å². The van der Waals surface area contributed by atoms with Gasteiger partial charge in [-0.25, -0.2) is 13.8 Å². The van der Waals surface area contributed by atoms with Crippen molar-refractivity contribution >= 4 is 17.2 Å². The van der Waals surface area contributed by atoms with Gasteiger partial charge in [-0.3, -0.25) is 11.3 Å². The van der Waals surface area contributed by atoms with Crippen LogP contribution in [0.2, 0.25) is 0 Å². The predicted molar refractivity (Wildman–Crippen MR) is 131 cm³/mol. The average molecular weight is 466 g/mol. The molecule has 178 valence electrons. The number of anilines is 2. The smallest absolute Gasteiger partial charge is 0.165 e. The second kappa shape index (κ2) is 8.83. The van der Waals surface area contributed by atoms with E-state index in [2.05, 4.69) is 16.5 Å². The lowest BCUT2D eigenvalue weighted by molar-refractivity contribution is 0.231. The van der Waals surface area contributed by atoms with Crippen molar-refractivity contribution in [1.82, 2.24) is 15.0 Å². The lowest BCUT2D eigenvalue weighted by atomic mass is 10.1. The third kappa shape index (κ3) is 4.06. The molecule has 0 spiro atoms. The molecular weight excluding hydrogens is 436 g/mol. The molecule has 34 heavy (non-hydrogen) atoms. The number of hydrazine groups is 2. The van der Waals surface area contributed by atoms with E-state index in [1.807, 2.05) is 48.0 Å². The number of benzene rings is 2. The van der Waals surface area contributed by atoms with Gasteiger partial charge in [0.25, 0.3) is 0 Å². The Balaban J connectivity index is 1.49. The van der Waals surface area contributed by atoms with Crippen molar-refractivity contribution < 1.29 is 8.78 Å². The summed E-state index contributed by atoms with van der Waals surface area (Å²) in [7, 11) is 3.94. The minimum atomic E-state index is -0.870. The molecule has 0 radical (unpaired) electrons. The number of nitrogens with zero attached hydrogens (tertiary/aromatic N) is 4. The van der Waals surface area contributed by atoms with Crippen LogP contribution in [0.5, 0.6) is 0 Å². The first-order valence-corrected chi connectivity index (χ1v) is 11.3. The average Bonchev–Trinajstić information content (AvgIpc) is 3.36. The predicted octanol–water partition coefficient (Wildman–Crippen LogP) is 3.20. The molecular formula is C25H29F2N7. The van der Waals surface area contributed by atoms with Gasteiger partial charge in [0.15, 0.2) is 5.84 Å². The van der Waals surface area contributed by atoms with Gasteiger partial charge >= 0.3 is 0 Å². The topological polar surface area (TPSA) is 76.6 Å². The molecule has 0 amide bonds. The number of hydrogen-bond donors (Lipinski definition) is 3. The fraction of sp³-hybridized carbons (Fsp3) is 0.320. The molecule has 5 rings (SSSR count). The minimum Gasteiger partial charge on any atom is -0.368 e. The Labute approximate surface area is 197 Å². The maximum Gasteiger partial charge on any atom is 0.165 e. The highest BCUT2D eigenvalue weighted by Gasteiger charge is 2.34. The van der Waals surface area contributed by atoms with Crippen LogP contribution in [0.4, 0.5) is 20.2 Å². The SMILES string of the molecule is CN(C)C[C@H]1CN(c2ccc3c(c2)Cn2cc(-c4ccc(F)cc4)cc2C(=N)N3NN)C[C@H]1F. The van der Waals surface area contributed by atoms with E-state index in [4.69, 9.17) is 11.3 Å². The van der Waals surface area contributed by atoms with Gasteiger partial charge in [-0.1, -0.05) is 12.1 Å². The first-order chi connectivity index (χ1) is 16.3. The molecule has 2 aliphatic rings. The van der Waals surface area contributed by atoms with E-state index < -0.39 is 6.17 Å². The highest BCUT2D eigenvalue weighted by atomic mass is 19.1. The molecule has 2 atom stereocenters. The normalized spacial score (nSPS) is 20.0. The Hall–Kier alpha value is -3.27. The van der Waals surface area contributed by atoms with Gasteiger partial charge in [-0.05, 0) is 61.6 Å². The van der Waals surface area contributed by atoms with Crippen LogP contribution in [0.15, 0.2) is 54.7 Å². The Morgan fingerprint density at radius 1 is 1.09 bits per heavy atom. The second-order valence-corrected chi connectivity index (χ2v) is 9.32. The maximum atomic E-state index is 14.7. The molecule has 1 aromatic heterocycles. The number of hydrogen-bond acceptors (Lipinski definition) is 5. The number of fused-ring (bicyclic) bond motifs is 2. The van der Waals surface area contributed by atoms with Crippen molar-refractivity contribution in [2.45, 2.75) is 12.7 Å². The number of nitrogens with two attached hydrogens (primary N) is 1. The fourth-order valence-corrected chi connectivity index (χ4v) is 4.99. The third-order valence-electron chi connectivity index (χ3n) is 6.64. The van der Waals surface area contributed by atoms with Crippen molar-refractivity contribution in [3.63, 3.8) is 0 Å². The summed E-state index contributed by atoms with van der Waals surface area (Å²) in [5.74, 6) is 5.72. The number of amidine groups is 1. The van der Waals surface area contributed by atoms with Crippen LogP contribution in [0.1, 0.15) is 11.3 Å². The van der Waals surface area contributed by atoms with Gasteiger partial charge in [0, 0.05) is 49.5 Å². The van der Waals surface area contributed by atoms with Gasteiger partial charge in [-0.2, -0.15) is 5.53 Å². The first kappa shape index (κ1) is 22.5. The number of aromatic nitrogens is 1. The summed E-state index contributed by atoms with van der Waals surface area (Å²) < 4.78 is 30.1. The van der Waals surface area contributed by atoms with Gasteiger partial charge in [0.2, 0.25) is 0 Å². The Morgan fingerprint density at radius 2 is 1.85 bits per heavy atom. The molecule has 2 aromatic carbocycles. The number of rotatable bonds is 5. The molecule has 3 heterocycles. The van der Waals surface area contributed by atoms with Crippen molar-refractivity contribution in [1.29, 1.82) is 5.41 Å². The van der Waals surface area contributed by atoms with Crippen LogP contribution in [0, 0.1) is 17.1 Å². The monoisotopic (exact) mass is 465 g/mol.